The van der Waals surface area contributed by atoms with E-state index in [0.29, 0.717) is 12.2 Å². The van der Waals surface area contributed by atoms with E-state index in [1.165, 1.54) is 36.1 Å². The van der Waals surface area contributed by atoms with E-state index in [1.54, 1.807) is 12.1 Å². The van der Waals surface area contributed by atoms with Crippen molar-refractivity contribution in [2.24, 2.45) is 0 Å². The minimum Gasteiger partial charge on any atom is -0.324 e. The number of likely N-dealkylation sites (tertiary alicyclic amines) is 1. The third kappa shape index (κ3) is 5.78. The molecule has 0 radical (unpaired) electrons. The second-order valence-electron chi connectivity index (χ2n) is 7.97. The first-order valence-corrected chi connectivity index (χ1v) is 10.8. The van der Waals surface area contributed by atoms with Crippen molar-refractivity contribution in [2.75, 3.05) is 18.4 Å². The maximum Gasteiger partial charge on any atom is 0.246 e. The molecule has 1 aliphatic heterocycles. The van der Waals surface area contributed by atoms with E-state index in [1.807, 2.05) is 36.4 Å². The molecule has 0 bridgehead atoms. The summed E-state index contributed by atoms with van der Waals surface area (Å²) < 4.78 is 13.2. The highest BCUT2D eigenvalue weighted by molar-refractivity contribution is 5.95. The number of hydrogen-bond acceptors (Lipinski definition) is 3. The molecule has 1 amide bonds. The lowest BCUT2D eigenvalue weighted by Gasteiger charge is -2.21. The van der Waals surface area contributed by atoms with Crippen LogP contribution in [0.25, 0.3) is 0 Å². The van der Waals surface area contributed by atoms with Gasteiger partial charge in [-0.15, -0.1) is 0 Å². The lowest BCUT2D eigenvalue weighted by molar-refractivity contribution is -0.118. The van der Waals surface area contributed by atoms with Gasteiger partial charge in [-0.1, -0.05) is 54.6 Å². The van der Waals surface area contributed by atoms with E-state index < -0.39 is 6.04 Å². The number of hydrogen-bond donors (Lipinski definition) is 2. The summed E-state index contributed by atoms with van der Waals surface area (Å²) in [5.74, 6) is -0.500. The van der Waals surface area contributed by atoms with Gasteiger partial charge in [0, 0.05) is 18.8 Å². The molecule has 1 aliphatic rings. The Morgan fingerprint density at radius 3 is 2.23 bits per heavy atom. The second-order valence-corrected chi connectivity index (χ2v) is 7.97. The Balaban J connectivity index is 1.49. The highest BCUT2D eigenvalue weighted by atomic mass is 19.1. The molecule has 3 aromatic carbocycles. The predicted molar refractivity (Wildman–Crippen MR) is 122 cm³/mol. The average Bonchev–Trinajstić information content (AvgIpc) is 3.30. The van der Waals surface area contributed by atoms with Gasteiger partial charge in [-0.3, -0.25) is 15.0 Å². The van der Waals surface area contributed by atoms with Crippen LogP contribution in [-0.2, 0) is 17.9 Å². The molecule has 3 aromatic rings. The van der Waals surface area contributed by atoms with Crippen molar-refractivity contribution in [3.05, 3.63) is 101 Å². The molecular formula is C26H28FN3O. The molecule has 5 heteroatoms. The Bertz CT molecular complexity index is 985. The number of rotatable bonds is 8. The average molecular weight is 418 g/mol. The van der Waals surface area contributed by atoms with Gasteiger partial charge < -0.3 is 5.32 Å². The zero-order valence-electron chi connectivity index (χ0n) is 17.6. The molecule has 0 aromatic heterocycles. The van der Waals surface area contributed by atoms with Crippen molar-refractivity contribution in [1.82, 2.24) is 10.2 Å². The molecule has 1 heterocycles. The molecule has 31 heavy (non-hydrogen) atoms. The molecule has 1 atom stereocenters. The van der Waals surface area contributed by atoms with Crippen molar-refractivity contribution in [3.63, 3.8) is 0 Å². The Morgan fingerprint density at radius 1 is 0.871 bits per heavy atom. The first kappa shape index (κ1) is 21.2. The Labute approximate surface area is 183 Å². The number of anilines is 1. The quantitative estimate of drug-likeness (QED) is 0.548. The van der Waals surface area contributed by atoms with Gasteiger partial charge in [0.2, 0.25) is 5.91 Å². The lowest BCUT2D eigenvalue weighted by atomic mass is 10.0. The van der Waals surface area contributed by atoms with Crippen LogP contribution in [0.4, 0.5) is 10.1 Å². The monoisotopic (exact) mass is 417 g/mol. The molecular weight excluding hydrogens is 389 g/mol. The maximum absolute atomic E-state index is 13.2. The van der Waals surface area contributed by atoms with Gasteiger partial charge in [0.05, 0.1) is 0 Å². The number of benzene rings is 3. The molecule has 160 valence electrons. The number of nitrogens with zero attached hydrogens (tertiary/aromatic N) is 1. The van der Waals surface area contributed by atoms with Crippen molar-refractivity contribution >= 4 is 11.6 Å². The molecule has 1 saturated heterocycles. The number of halogens is 1. The summed E-state index contributed by atoms with van der Waals surface area (Å²) in [5, 5.41) is 6.35. The van der Waals surface area contributed by atoms with Gasteiger partial charge in [-0.05, 0) is 66.9 Å². The summed E-state index contributed by atoms with van der Waals surface area (Å²) in [6.07, 6.45) is 2.53. The second kappa shape index (κ2) is 10.3. The zero-order valence-corrected chi connectivity index (χ0v) is 17.6. The van der Waals surface area contributed by atoms with E-state index in [2.05, 4.69) is 33.7 Å². The predicted octanol–water partition coefficient (Wildman–Crippen LogP) is 4.89. The van der Waals surface area contributed by atoms with Gasteiger partial charge in [0.1, 0.15) is 11.9 Å². The maximum atomic E-state index is 13.2. The standard InChI is InChI=1S/C26H28FN3O/c27-23-12-14-24(15-13-23)29-26(31)25(20-8-2-1-3-9-20)28-18-21-10-4-5-11-22(21)19-30-16-6-7-17-30/h1-5,8-15,25,28H,6-7,16-19H2,(H,29,31). The Kier molecular flexibility index (Phi) is 7.07. The minimum absolute atomic E-state index is 0.171. The van der Waals surface area contributed by atoms with Crippen LogP contribution in [0.3, 0.4) is 0 Å². The van der Waals surface area contributed by atoms with Crippen LogP contribution in [0.1, 0.15) is 35.6 Å². The molecule has 2 N–H and O–H groups in total. The highest BCUT2D eigenvalue weighted by Gasteiger charge is 2.21. The lowest BCUT2D eigenvalue weighted by Crippen LogP contribution is -2.33. The van der Waals surface area contributed by atoms with Gasteiger partial charge in [0.25, 0.3) is 0 Å². The number of carbonyl (C=O) groups excluding carboxylic acids is 1. The van der Waals surface area contributed by atoms with Crippen molar-refractivity contribution in [3.8, 4) is 0 Å². The van der Waals surface area contributed by atoms with Gasteiger partial charge in [-0.25, -0.2) is 4.39 Å². The fourth-order valence-corrected chi connectivity index (χ4v) is 4.03. The third-order valence-electron chi connectivity index (χ3n) is 5.71. The van der Waals surface area contributed by atoms with Crippen molar-refractivity contribution in [1.29, 1.82) is 0 Å². The Hall–Kier alpha value is -3.02. The SMILES string of the molecule is O=C(Nc1ccc(F)cc1)C(NCc1ccccc1CN1CCCC1)c1ccccc1. The highest BCUT2D eigenvalue weighted by Crippen LogP contribution is 2.20. The Morgan fingerprint density at radius 2 is 1.52 bits per heavy atom. The van der Waals surface area contributed by atoms with Gasteiger partial charge >= 0.3 is 0 Å². The van der Waals surface area contributed by atoms with E-state index in [4.69, 9.17) is 0 Å². The first-order chi connectivity index (χ1) is 15.2. The molecule has 0 aliphatic carbocycles. The smallest absolute Gasteiger partial charge is 0.246 e. The number of nitrogens with one attached hydrogen (secondary N) is 2. The molecule has 0 saturated carbocycles. The molecule has 0 spiro atoms. The summed E-state index contributed by atoms with van der Waals surface area (Å²) >= 11 is 0. The summed E-state index contributed by atoms with van der Waals surface area (Å²) in [5.41, 5.74) is 3.95. The van der Waals surface area contributed by atoms with Gasteiger partial charge in [-0.2, -0.15) is 0 Å². The summed E-state index contributed by atoms with van der Waals surface area (Å²) in [4.78, 5) is 15.6. The third-order valence-corrected chi connectivity index (χ3v) is 5.71. The van der Waals surface area contributed by atoms with Crippen molar-refractivity contribution < 1.29 is 9.18 Å². The fraction of sp³-hybridized carbons (Fsp3) is 0.269. The van der Waals surface area contributed by atoms with Crippen LogP contribution in [0.5, 0.6) is 0 Å². The van der Waals surface area contributed by atoms with Crippen LogP contribution < -0.4 is 10.6 Å². The van der Waals surface area contributed by atoms with Crippen LogP contribution in [0, 0.1) is 5.82 Å². The van der Waals surface area contributed by atoms with E-state index in [0.717, 1.165) is 25.2 Å². The molecule has 4 rings (SSSR count). The first-order valence-electron chi connectivity index (χ1n) is 10.8. The van der Waals surface area contributed by atoms with E-state index >= 15 is 0 Å². The zero-order chi connectivity index (χ0) is 21.5. The van der Waals surface area contributed by atoms with Crippen LogP contribution >= 0.6 is 0 Å². The summed E-state index contributed by atoms with van der Waals surface area (Å²) in [6.45, 7) is 3.82. The van der Waals surface area contributed by atoms with Crippen LogP contribution in [-0.4, -0.2) is 23.9 Å². The van der Waals surface area contributed by atoms with E-state index in [-0.39, 0.29) is 11.7 Å². The van der Waals surface area contributed by atoms with Crippen LogP contribution in [0.15, 0.2) is 78.9 Å². The number of carbonyl (C=O) groups is 1. The van der Waals surface area contributed by atoms with Gasteiger partial charge in [0.15, 0.2) is 0 Å². The molecule has 1 unspecified atom stereocenters. The topological polar surface area (TPSA) is 44.4 Å². The number of amides is 1. The normalized spacial score (nSPS) is 15.0. The summed E-state index contributed by atoms with van der Waals surface area (Å²) in [6, 6.07) is 23.4. The molecule has 4 nitrogen and oxygen atoms in total. The van der Waals surface area contributed by atoms with E-state index in [9.17, 15) is 9.18 Å². The summed E-state index contributed by atoms with van der Waals surface area (Å²) in [7, 11) is 0. The van der Waals surface area contributed by atoms with Crippen molar-refractivity contribution in [2.45, 2.75) is 32.0 Å². The van der Waals surface area contributed by atoms with Crippen LogP contribution in [0.2, 0.25) is 0 Å². The molecule has 1 fully saturated rings. The fourth-order valence-electron chi connectivity index (χ4n) is 4.03. The largest absolute Gasteiger partial charge is 0.324 e. The minimum atomic E-state index is -0.522.